The van der Waals surface area contributed by atoms with Gasteiger partial charge >= 0.3 is 0 Å². The van der Waals surface area contributed by atoms with Crippen molar-refractivity contribution in [2.75, 3.05) is 13.2 Å². The maximum atomic E-state index is 12.1. The van der Waals surface area contributed by atoms with Crippen LogP contribution in [0.1, 0.15) is 51.4 Å². The maximum Gasteiger partial charge on any atom is 0.248 e. The fourth-order valence-corrected chi connectivity index (χ4v) is 2.24. The zero-order chi connectivity index (χ0) is 14.5. The Balaban J connectivity index is 1.88. The molecule has 1 saturated heterocycles. The Hall–Kier alpha value is -1.43. The van der Waals surface area contributed by atoms with Gasteiger partial charge in [0.2, 0.25) is 11.8 Å². The Morgan fingerprint density at radius 1 is 1.35 bits per heavy atom. The third-order valence-electron chi connectivity index (χ3n) is 3.40. The summed E-state index contributed by atoms with van der Waals surface area (Å²) in [5.41, 5.74) is 0. The second-order valence-electron chi connectivity index (χ2n) is 5.76. The van der Waals surface area contributed by atoms with Crippen LogP contribution in [0.2, 0.25) is 0 Å². The second-order valence-corrected chi connectivity index (χ2v) is 5.76. The summed E-state index contributed by atoms with van der Waals surface area (Å²) < 4.78 is 10.5. The van der Waals surface area contributed by atoms with E-state index in [1.807, 2.05) is 6.92 Å². The predicted octanol–water partition coefficient (Wildman–Crippen LogP) is 1.87. The molecule has 112 valence electrons. The highest BCUT2D eigenvalue weighted by atomic mass is 16.5. The zero-order valence-corrected chi connectivity index (χ0v) is 12.4. The summed E-state index contributed by atoms with van der Waals surface area (Å²) in [4.78, 5) is 16.4. The van der Waals surface area contributed by atoms with Gasteiger partial charge in [0.15, 0.2) is 5.82 Å². The monoisotopic (exact) mass is 281 g/mol. The van der Waals surface area contributed by atoms with Gasteiger partial charge in [-0.25, -0.2) is 0 Å². The largest absolute Gasteiger partial charge is 0.381 e. The molecule has 2 heterocycles. The highest BCUT2D eigenvalue weighted by Gasteiger charge is 2.24. The molecule has 0 unspecified atom stereocenters. The van der Waals surface area contributed by atoms with E-state index in [0.717, 1.165) is 19.3 Å². The molecule has 0 aliphatic carbocycles. The fourth-order valence-electron chi connectivity index (χ4n) is 2.24. The highest BCUT2D eigenvalue weighted by Crippen LogP contribution is 2.17. The number of nitrogens with one attached hydrogen (secondary N) is 1. The number of carbonyl (C=O) groups excluding carboxylic acids is 1. The van der Waals surface area contributed by atoms with Crippen molar-refractivity contribution in [1.29, 1.82) is 0 Å². The summed E-state index contributed by atoms with van der Waals surface area (Å²) in [5.74, 6) is 1.73. The molecule has 20 heavy (non-hydrogen) atoms. The summed E-state index contributed by atoms with van der Waals surface area (Å²) in [6.45, 7) is 7.39. The van der Waals surface area contributed by atoms with E-state index in [-0.39, 0.29) is 17.9 Å². The van der Waals surface area contributed by atoms with Crippen molar-refractivity contribution in [3.63, 3.8) is 0 Å². The molecule has 6 nitrogen and oxygen atoms in total. The van der Waals surface area contributed by atoms with E-state index in [2.05, 4.69) is 29.3 Å². The van der Waals surface area contributed by atoms with Crippen LogP contribution in [0.3, 0.4) is 0 Å². The Morgan fingerprint density at radius 2 is 2.05 bits per heavy atom. The molecule has 1 aliphatic rings. The van der Waals surface area contributed by atoms with Gasteiger partial charge in [-0.05, 0) is 25.7 Å². The summed E-state index contributed by atoms with van der Waals surface area (Å²) in [6, 6.07) is -0.251. The molecule has 0 bridgehead atoms. The van der Waals surface area contributed by atoms with E-state index in [0.29, 0.717) is 30.8 Å². The molecule has 0 aromatic carbocycles. The van der Waals surface area contributed by atoms with Crippen molar-refractivity contribution in [1.82, 2.24) is 15.5 Å². The van der Waals surface area contributed by atoms with E-state index in [1.165, 1.54) is 0 Å². The van der Waals surface area contributed by atoms with Crippen LogP contribution in [-0.4, -0.2) is 29.3 Å². The van der Waals surface area contributed by atoms with Crippen LogP contribution >= 0.6 is 0 Å². The van der Waals surface area contributed by atoms with Crippen molar-refractivity contribution < 1.29 is 14.1 Å². The van der Waals surface area contributed by atoms with E-state index < -0.39 is 0 Å². The average molecular weight is 281 g/mol. The number of amides is 1. The van der Waals surface area contributed by atoms with E-state index >= 15 is 0 Å². The first-order valence-electron chi connectivity index (χ1n) is 7.27. The van der Waals surface area contributed by atoms with Crippen LogP contribution in [0.25, 0.3) is 0 Å². The van der Waals surface area contributed by atoms with Crippen LogP contribution in [0.15, 0.2) is 4.52 Å². The first kappa shape index (κ1) is 15.0. The van der Waals surface area contributed by atoms with Gasteiger partial charge in [-0.1, -0.05) is 19.0 Å². The van der Waals surface area contributed by atoms with Crippen molar-refractivity contribution in [2.45, 2.75) is 46.1 Å². The van der Waals surface area contributed by atoms with E-state index in [4.69, 9.17) is 9.26 Å². The van der Waals surface area contributed by atoms with Crippen LogP contribution in [-0.2, 0) is 16.0 Å². The van der Waals surface area contributed by atoms with Gasteiger partial charge in [-0.2, -0.15) is 4.98 Å². The van der Waals surface area contributed by atoms with Crippen molar-refractivity contribution in [3.8, 4) is 0 Å². The minimum Gasteiger partial charge on any atom is -0.381 e. The Labute approximate surface area is 119 Å². The lowest BCUT2D eigenvalue weighted by Crippen LogP contribution is -2.35. The molecule has 1 aromatic rings. The van der Waals surface area contributed by atoms with Gasteiger partial charge in [0.25, 0.3) is 0 Å². The Kier molecular flexibility index (Phi) is 5.11. The lowest BCUT2D eigenvalue weighted by atomic mass is 9.99. The number of rotatable bonds is 5. The molecule has 1 fully saturated rings. The van der Waals surface area contributed by atoms with Gasteiger partial charge < -0.3 is 14.6 Å². The minimum absolute atomic E-state index is 0.0317. The topological polar surface area (TPSA) is 77.2 Å². The van der Waals surface area contributed by atoms with Crippen LogP contribution in [0.4, 0.5) is 0 Å². The summed E-state index contributed by atoms with van der Waals surface area (Å²) in [7, 11) is 0. The molecule has 1 N–H and O–H groups in total. The minimum atomic E-state index is -0.251. The average Bonchev–Trinajstić information content (AvgIpc) is 2.87. The third-order valence-corrected chi connectivity index (χ3v) is 3.40. The molecular formula is C14H23N3O3. The second kappa shape index (κ2) is 6.83. The number of nitrogens with zero attached hydrogens (tertiary/aromatic N) is 2. The molecule has 2 rings (SSSR count). The first-order chi connectivity index (χ1) is 9.56. The molecule has 0 saturated carbocycles. The molecule has 1 atom stereocenters. The summed E-state index contributed by atoms with van der Waals surface area (Å²) in [5, 5.41) is 6.88. The van der Waals surface area contributed by atoms with Gasteiger partial charge in [-0.15, -0.1) is 0 Å². The van der Waals surface area contributed by atoms with Gasteiger partial charge in [0, 0.05) is 25.6 Å². The smallest absolute Gasteiger partial charge is 0.248 e. The molecule has 0 spiro atoms. The number of ether oxygens (including phenoxy) is 1. The molecule has 0 radical (unpaired) electrons. The van der Waals surface area contributed by atoms with E-state index in [1.54, 1.807) is 0 Å². The lowest BCUT2D eigenvalue weighted by Gasteiger charge is -2.22. The lowest BCUT2D eigenvalue weighted by molar-refractivity contribution is -0.128. The summed E-state index contributed by atoms with van der Waals surface area (Å²) in [6.07, 6.45) is 2.34. The molecule has 1 aromatic heterocycles. The number of carbonyl (C=O) groups is 1. The predicted molar refractivity (Wildman–Crippen MR) is 72.9 cm³/mol. The Morgan fingerprint density at radius 3 is 2.70 bits per heavy atom. The van der Waals surface area contributed by atoms with Gasteiger partial charge in [0.1, 0.15) is 6.04 Å². The molecule has 1 aliphatic heterocycles. The fraction of sp³-hybridized carbons (Fsp3) is 0.786. The third kappa shape index (κ3) is 4.03. The Bertz CT molecular complexity index is 439. The number of hydrogen-bond acceptors (Lipinski definition) is 5. The molecular weight excluding hydrogens is 258 g/mol. The highest BCUT2D eigenvalue weighted by molar-refractivity contribution is 5.79. The number of aromatic nitrogens is 2. The van der Waals surface area contributed by atoms with Crippen LogP contribution in [0.5, 0.6) is 0 Å². The van der Waals surface area contributed by atoms with Crippen molar-refractivity contribution in [3.05, 3.63) is 11.7 Å². The SMILES string of the molecule is CC(C)Cc1noc([C@H](C)NC(=O)C2CCOCC2)n1. The van der Waals surface area contributed by atoms with E-state index in [9.17, 15) is 4.79 Å². The zero-order valence-electron chi connectivity index (χ0n) is 12.4. The first-order valence-corrected chi connectivity index (χ1v) is 7.27. The van der Waals surface area contributed by atoms with Gasteiger partial charge in [-0.3, -0.25) is 4.79 Å². The van der Waals surface area contributed by atoms with Crippen molar-refractivity contribution >= 4 is 5.91 Å². The van der Waals surface area contributed by atoms with Crippen LogP contribution in [0, 0.1) is 11.8 Å². The standard InChI is InChI=1S/C14H23N3O3/c1-9(2)8-12-16-14(20-17-12)10(3)15-13(18)11-4-6-19-7-5-11/h9-11H,4-8H2,1-3H3,(H,15,18)/t10-/m0/s1. The van der Waals surface area contributed by atoms with Crippen LogP contribution < -0.4 is 5.32 Å². The normalized spacial score (nSPS) is 18.2. The number of hydrogen-bond donors (Lipinski definition) is 1. The summed E-state index contributed by atoms with van der Waals surface area (Å²) >= 11 is 0. The maximum absolute atomic E-state index is 12.1. The quantitative estimate of drug-likeness (QED) is 0.891. The molecule has 6 heteroatoms. The van der Waals surface area contributed by atoms with Crippen molar-refractivity contribution in [2.24, 2.45) is 11.8 Å². The van der Waals surface area contributed by atoms with Gasteiger partial charge in [0.05, 0.1) is 0 Å². The molecule has 1 amide bonds.